The summed E-state index contributed by atoms with van der Waals surface area (Å²) in [6.45, 7) is 1.88. The van der Waals surface area contributed by atoms with Gasteiger partial charge >= 0.3 is 5.97 Å². The number of carbonyl (C=O) groups is 1. The molecular weight excluding hydrogens is 278 g/mol. The van der Waals surface area contributed by atoms with Gasteiger partial charge in [0.05, 0.1) is 6.61 Å². The summed E-state index contributed by atoms with van der Waals surface area (Å²) in [5, 5.41) is 0.946. The molecule has 0 bridgehead atoms. The molecule has 0 aliphatic carbocycles. The van der Waals surface area contributed by atoms with Crippen LogP contribution in [0.2, 0.25) is 0 Å². The van der Waals surface area contributed by atoms with Gasteiger partial charge in [-0.05, 0) is 30.8 Å². The minimum Gasteiger partial charge on any atom is -0.465 e. The van der Waals surface area contributed by atoms with Crippen LogP contribution in [0.3, 0.4) is 0 Å². The van der Waals surface area contributed by atoms with Crippen molar-refractivity contribution in [1.82, 2.24) is 14.5 Å². The molecule has 2 aromatic rings. The number of hydrogen-bond donors (Lipinski definition) is 0. The van der Waals surface area contributed by atoms with Crippen molar-refractivity contribution in [2.45, 2.75) is 23.5 Å². The Kier molecular flexibility index (Phi) is 4.89. The number of esters is 1. The second-order valence-corrected chi connectivity index (χ2v) is 4.75. The van der Waals surface area contributed by atoms with E-state index in [0.717, 1.165) is 11.8 Å². The zero-order valence-electron chi connectivity index (χ0n) is 10.9. The first-order chi connectivity index (χ1) is 9.70. The molecule has 0 N–H and O–H groups in total. The molecule has 2 rings (SSSR count). The smallest absolute Gasteiger partial charge is 0.326 e. The van der Waals surface area contributed by atoms with E-state index in [0.29, 0.717) is 5.03 Å². The molecule has 0 aliphatic heterocycles. The third kappa shape index (κ3) is 3.67. The zero-order chi connectivity index (χ0) is 14.4. The Labute approximate surface area is 119 Å². The lowest BCUT2D eigenvalue weighted by Gasteiger charge is -2.06. The molecule has 0 spiro atoms. The van der Waals surface area contributed by atoms with Crippen LogP contribution in [-0.4, -0.2) is 27.1 Å². The number of ether oxygens (including phenoxy) is 1. The minimum absolute atomic E-state index is 0.120. The molecule has 7 heteroatoms. The highest BCUT2D eigenvalue weighted by Gasteiger charge is 2.10. The highest BCUT2D eigenvalue weighted by Crippen LogP contribution is 2.19. The molecule has 2 heterocycles. The van der Waals surface area contributed by atoms with Crippen LogP contribution in [0.25, 0.3) is 0 Å². The van der Waals surface area contributed by atoms with E-state index in [9.17, 15) is 9.59 Å². The average molecular weight is 291 g/mol. The molecule has 0 saturated heterocycles. The van der Waals surface area contributed by atoms with Crippen LogP contribution in [0.4, 0.5) is 0 Å². The molecule has 6 nitrogen and oxygen atoms in total. The summed E-state index contributed by atoms with van der Waals surface area (Å²) in [7, 11) is 0. The van der Waals surface area contributed by atoms with Gasteiger partial charge in [-0.15, -0.1) is 0 Å². The standard InChI is InChI=1S/C13H13N3O3S/c1-2-19-11(17)9-16-8-7-15-12(13(16)18)20-10-5-3-4-6-14-10/h3-8H,2,9H2,1H3. The average Bonchev–Trinajstić information content (AvgIpc) is 2.45. The fraction of sp³-hybridized carbons (Fsp3) is 0.231. The van der Waals surface area contributed by atoms with E-state index in [4.69, 9.17) is 4.74 Å². The SMILES string of the molecule is CCOC(=O)Cn1ccnc(Sc2ccccn2)c1=O. The minimum atomic E-state index is -0.449. The number of pyridine rings is 1. The summed E-state index contributed by atoms with van der Waals surface area (Å²) < 4.78 is 6.09. The van der Waals surface area contributed by atoms with Crippen molar-refractivity contribution in [2.75, 3.05) is 6.61 Å². The normalized spacial score (nSPS) is 10.2. The molecule has 0 aromatic carbocycles. The van der Waals surface area contributed by atoms with Crippen molar-refractivity contribution in [3.8, 4) is 0 Å². The molecule has 104 valence electrons. The third-order valence-corrected chi connectivity index (χ3v) is 3.25. The monoisotopic (exact) mass is 291 g/mol. The summed E-state index contributed by atoms with van der Waals surface area (Å²) in [5.41, 5.74) is -0.337. The van der Waals surface area contributed by atoms with Crippen LogP contribution < -0.4 is 5.56 Å². The van der Waals surface area contributed by atoms with E-state index in [1.165, 1.54) is 17.0 Å². The van der Waals surface area contributed by atoms with Crippen molar-refractivity contribution in [3.05, 3.63) is 47.1 Å². The Morgan fingerprint density at radius 3 is 2.90 bits per heavy atom. The van der Waals surface area contributed by atoms with E-state index >= 15 is 0 Å². The maximum atomic E-state index is 12.2. The van der Waals surface area contributed by atoms with Crippen LogP contribution in [0, 0.1) is 0 Å². The number of rotatable bonds is 5. The Morgan fingerprint density at radius 2 is 2.20 bits per heavy atom. The third-order valence-electron chi connectivity index (χ3n) is 2.33. The first kappa shape index (κ1) is 14.3. The van der Waals surface area contributed by atoms with Crippen LogP contribution >= 0.6 is 11.8 Å². The Balaban J connectivity index is 2.19. The van der Waals surface area contributed by atoms with Gasteiger partial charge in [-0.2, -0.15) is 0 Å². The highest BCUT2D eigenvalue weighted by molar-refractivity contribution is 7.99. The molecule has 0 aliphatic rings. The van der Waals surface area contributed by atoms with E-state index in [1.807, 2.05) is 6.07 Å². The maximum Gasteiger partial charge on any atom is 0.326 e. The van der Waals surface area contributed by atoms with Gasteiger partial charge < -0.3 is 9.30 Å². The molecule has 0 saturated carbocycles. The van der Waals surface area contributed by atoms with Gasteiger partial charge in [0.15, 0.2) is 5.03 Å². The molecule has 20 heavy (non-hydrogen) atoms. The first-order valence-corrected chi connectivity index (χ1v) is 6.82. The fourth-order valence-corrected chi connectivity index (χ4v) is 2.25. The number of aromatic nitrogens is 3. The van der Waals surface area contributed by atoms with Gasteiger partial charge in [0.2, 0.25) is 0 Å². The van der Waals surface area contributed by atoms with Gasteiger partial charge in [-0.3, -0.25) is 9.59 Å². The molecule has 2 aromatic heterocycles. The van der Waals surface area contributed by atoms with E-state index < -0.39 is 5.97 Å². The van der Waals surface area contributed by atoms with Crippen molar-refractivity contribution in [3.63, 3.8) is 0 Å². The number of nitrogens with zero attached hydrogens (tertiary/aromatic N) is 3. The van der Waals surface area contributed by atoms with Crippen LogP contribution in [0.1, 0.15) is 6.92 Å². The van der Waals surface area contributed by atoms with E-state index in [-0.39, 0.29) is 23.7 Å². The predicted molar refractivity (Wildman–Crippen MR) is 73.5 cm³/mol. The summed E-state index contributed by atoms with van der Waals surface area (Å²) >= 11 is 1.16. The summed E-state index contributed by atoms with van der Waals surface area (Å²) in [6, 6.07) is 5.41. The van der Waals surface area contributed by atoms with Crippen molar-refractivity contribution in [1.29, 1.82) is 0 Å². The van der Waals surface area contributed by atoms with Crippen LogP contribution in [0.5, 0.6) is 0 Å². The molecule has 0 fully saturated rings. The zero-order valence-corrected chi connectivity index (χ0v) is 11.7. The molecule has 0 radical (unpaired) electrons. The lowest BCUT2D eigenvalue weighted by Crippen LogP contribution is -2.26. The second-order valence-electron chi connectivity index (χ2n) is 3.74. The maximum absolute atomic E-state index is 12.2. The van der Waals surface area contributed by atoms with Gasteiger partial charge in [-0.25, -0.2) is 9.97 Å². The van der Waals surface area contributed by atoms with Gasteiger partial charge in [0.1, 0.15) is 11.6 Å². The van der Waals surface area contributed by atoms with Crippen LogP contribution in [0.15, 0.2) is 51.6 Å². The quantitative estimate of drug-likeness (QED) is 0.774. The Bertz CT molecular complexity index is 643. The molecular formula is C13H13N3O3S. The van der Waals surface area contributed by atoms with Gasteiger partial charge in [0, 0.05) is 18.6 Å². The van der Waals surface area contributed by atoms with Crippen LogP contribution in [-0.2, 0) is 16.1 Å². The van der Waals surface area contributed by atoms with Crippen molar-refractivity contribution < 1.29 is 9.53 Å². The Morgan fingerprint density at radius 1 is 1.35 bits per heavy atom. The molecule has 0 unspecified atom stereocenters. The van der Waals surface area contributed by atoms with Gasteiger partial charge in [-0.1, -0.05) is 6.07 Å². The summed E-state index contributed by atoms with van der Waals surface area (Å²) in [6.07, 6.45) is 4.58. The number of hydrogen-bond acceptors (Lipinski definition) is 6. The van der Waals surface area contributed by atoms with Gasteiger partial charge in [0.25, 0.3) is 5.56 Å². The largest absolute Gasteiger partial charge is 0.465 e. The molecule has 0 atom stereocenters. The van der Waals surface area contributed by atoms with E-state index in [1.54, 1.807) is 25.3 Å². The van der Waals surface area contributed by atoms with Crippen molar-refractivity contribution >= 4 is 17.7 Å². The fourth-order valence-electron chi connectivity index (χ4n) is 1.47. The second kappa shape index (κ2) is 6.85. The highest BCUT2D eigenvalue weighted by atomic mass is 32.2. The lowest BCUT2D eigenvalue weighted by atomic mass is 10.5. The topological polar surface area (TPSA) is 74.1 Å². The van der Waals surface area contributed by atoms with Crippen molar-refractivity contribution in [2.24, 2.45) is 0 Å². The first-order valence-electron chi connectivity index (χ1n) is 6.00. The number of carbonyl (C=O) groups excluding carboxylic acids is 1. The Hall–Kier alpha value is -2.15. The predicted octanol–water partition coefficient (Wildman–Crippen LogP) is 1.35. The summed E-state index contributed by atoms with van der Waals surface area (Å²) in [5.74, 6) is -0.449. The molecule has 0 amide bonds. The lowest BCUT2D eigenvalue weighted by molar-refractivity contribution is -0.143. The van der Waals surface area contributed by atoms with E-state index in [2.05, 4.69) is 9.97 Å². The summed E-state index contributed by atoms with van der Waals surface area (Å²) in [4.78, 5) is 31.7.